The number of aliphatic hydroxyl groups is 2. The molecule has 250 valence electrons. The van der Waals surface area contributed by atoms with Crippen molar-refractivity contribution in [3.05, 3.63) is 21.8 Å². The molecule has 3 fully saturated rings. The molecule has 4 aliphatic carbocycles. The zero-order valence-electron chi connectivity index (χ0n) is 26.1. The third-order valence-electron chi connectivity index (χ3n) is 10.9. The largest absolute Gasteiger partial charge is 0.464 e. The first kappa shape index (κ1) is 34.5. The smallest absolute Gasteiger partial charge is 0.329 e. The van der Waals surface area contributed by atoms with Crippen LogP contribution in [0.15, 0.2) is 11.6 Å². The number of unbranched alkanes of at least 4 members (excludes halogenated alkanes) is 1. The highest BCUT2D eigenvalue weighted by atomic mass is 16.9. The molecule has 4 aliphatic rings. The van der Waals surface area contributed by atoms with E-state index in [4.69, 9.17) is 9.47 Å². The number of rotatable bonds is 13. The van der Waals surface area contributed by atoms with Crippen molar-refractivity contribution in [1.82, 2.24) is 5.32 Å². The summed E-state index contributed by atoms with van der Waals surface area (Å²) in [4.78, 5) is 76.8. The quantitative estimate of drug-likeness (QED) is 0.114. The van der Waals surface area contributed by atoms with Gasteiger partial charge >= 0.3 is 11.9 Å². The highest BCUT2D eigenvalue weighted by Crippen LogP contribution is 2.67. The number of esters is 2. The monoisotopic (exact) mass is 636 g/mol. The lowest BCUT2D eigenvalue weighted by Gasteiger charge is -2.60. The van der Waals surface area contributed by atoms with Gasteiger partial charge in [0, 0.05) is 18.8 Å². The highest BCUT2D eigenvalue weighted by Gasteiger charge is 2.68. The van der Waals surface area contributed by atoms with Crippen molar-refractivity contribution in [2.24, 2.45) is 28.6 Å². The Balaban J connectivity index is 1.35. The van der Waals surface area contributed by atoms with Crippen molar-refractivity contribution in [2.75, 3.05) is 19.8 Å². The Kier molecular flexibility index (Phi) is 10.4. The van der Waals surface area contributed by atoms with Crippen LogP contribution < -0.4 is 5.32 Å². The van der Waals surface area contributed by atoms with Crippen molar-refractivity contribution in [1.29, 1.82) is 0 Å². The van der Waals surface area contributed by atoms with E-state index in [1.165, 1.54) is 0 Å². The average Bonchev–Trinajstić information content (AvgIpc) is 3.23. The number of nitrogens with one attached hydrogen (secondary N) is 1. The summed E-state index contributed by atoms with van der Waals surface area (Å²) < 4.78 is 10.3. The number of hydrogen-bond donors (Lipinski definition) is 3. The molecule has 3 N–H and O–H groups in total. The number of amides is 1. The summed E-state index contributed by atoms with van der Waals surface area (Å²) >= 11 is 0. The Morgan fingerprint density at radius 1 is 1.11 bits per heavy atom. The second-order valence-electron chi connectivity index (χ2n) is 13.4. The van der Waals surface area contributed by atoms with Gasteiger partial charge in [0.1, 0.15) is 11.6 Å². The maximum Gasteiger partial charge on any atom is 0.329 e. The minimum atomic E-state index is -1.83. The molecule has 0 aliphatic heterocycles. The molecule has 14 nitrogen and oxygen atoms in total. The Morgan fingerprint density at radius 3 is 2.51 bits per heavy atom. The molecule has 3 saturated carbocycles. The number of Topliss-reactive ketones (excluding diaryl/α,β-unsaturated/α-hetero) is 1. The van der Waals surface area contributed by atoms with E-state index >= 15 is 0 Å². The fourth-order valence-electron chi connectivity index (χ4n) is 8.70. The number of ether oxygens (including phenoxy) is 2. The molecule has 0 aromatic carbocycles. The lowest BCUT2D eigenvalue weighted by atomic mass is 9.45. The standard InChI is InChI=1S/C31H44N2O12/c1-18(34)32-23(28(39)43-12-4-5-13-45-33(41)42)15-26(38)44-17-25(37)31(40)11-9-22-21-7-6-19-14-20(35)8-10-29(19,2)27(21)24(36)16-30(22,31)3/h14,21-24,27,36,40H,4-13,15-17H2,1-3H3,(H,32,34)/t21?,22?,23?,24-,27?,29-,30-,31-/m0/s1. The van der Waals surface area contributed by atoms with Crippen molar-refractivity contribution in [3.8, 4) is 0 Å². The van der Waals surface area contributed by atoms with Gasteiger partial charge in [-0.15, -0.1) is 10.1 Å². The predicted octanol–water partition coefficient (Wildman–Crippen LogP) is 1.76. The van der Waals surface area contributed by atoms with E-state index in [0.717, 1.165) is 25.3 Å². The van der Waals surface area contributed by atoms with Crippen LogP contribution in [0.25, 0.3) is 0 Å². The number of carbonyl (C=O) groups excluding carboxylic acids is 5. The van der Waals surface area contributed by atoms with E-state index in [2.05, 4.69) is 17.1 Å². The second-order valence-corrected chi connectivity index (χ2v) is 13.4. The minimum absolute atomic E-state index is 0.0448. The van der Waals surface area contributed by atoms with E-state index in [9.17, 15) is 44.3 Å². The summed E-state index contributed by atoms with van der Waals surface area (Å²) in [5.41, 5.74) is -2.01. The summed E-state index contributed by atoms with van der Waals surface area (Å²) in [6.07, 6.45) is 4.35. The lowest BCUT2D eigenvalue weighted by Crippen LogP contribution is -2.62. The van der Waals surface area contributed by atoms with Crippen LogP contribution in [0.2, 0.25) is 0 Å². The van der Waals surface area contributed by atoms with E-state index in [-0.39, 0.29) is 67.8 Å². The molecule has 1 amide bonds. The molecule has 0 radical (unpaired) electrons. The second kappa shape index (κ2) is 13.5. The number of ketones is 2. The average molecular weight is 637 g/mol. The lowest BCUT2D eigenvalue weighted by molar-refractivity contribution is -0.757. The van der Waals surface area contributed by atoms with Crippen LogP contribution in [0, 0.1) is 38.7 Å². The Hall–Kier alpha value is -3.39. The van der Waals surface area contributed by atoms with Gasteiger partial charge in [-0.2, -0.15) is 0 Å². The topological polar surface area (TPSA) is 209 Å². The fourth-order valence-corrected chi connectivity index (χ4v) is 8.70. The number of fused-ring (bicyclic) bond motifs is 5. The predicted molar refractivity (Wildman–Crippen MR) is 154 cm³/mol. The van der Waals surface area contributed by atoms with Crippen LogP contribution >= 0.6 is 0 Å². The van der Waals surface area contributed by atoms with Gasteiger partial charge in [-0.05, 0) is 80.6 Å². The van der Waals surface area contributed by atoms with Crippen molar-refractivity contribution >= 4 is 29.4 Å². The molecule has 0 saturated heterocycles. The maximum absolute atomic E-state index is 13.5. The van der Waals surface area contributed by atoms with Crippen LogP contribution in [0.3, 0.4) is 0 Å². The van der Waals surface area contributed by atoms with E-state index < -0.39 is 64.9 Å². The Morgan fingerprint density at radius 2 is 1.82 bits per heavy atom. The summed E-state index contributed by atoms with van der Waals surface area (Å²) in [7, 11) is 0. The van der Waals surface area contributed by atoms with Crippen LogP contribution in [-0.4, -0.2) is 82.3 Å². The van der Waals surface area contributed by atoms with Gasteiger partial charge in [0.05, 0.1) is 25.7 Å². The zero-order chi connectivity index (χ0) is 33.2. The Bertz CT molecular complexity index is 1250. The molecule has 0 bridgehead atoms. The van der Waals surface area contributed by atoms with Crippen LogP contribution in [-0.2, 0) is 38.3 Å². The van der Waals surface area contributed by atoms with Crippen molar-refractivity contribution in [2.45, 2.75) is 103 Å². The van der Waals surface area contributed by atoms with Gasteiger partial charge in [-0.1, -0.05) is 19.4 Å². The van der Waals surface area contributed by atoms with Crippen molar-refractivity contribution in [3.63, 3.8) is 0 Å². The maximum atomic E-state index is 13.5. The van der Waals surface area contributed by atoms with Gasteiger partial charge in [-0.3, -0.25) is 19.2 Å². The number of aliphatic hydroxyl groups excluding tert-OH is 1. The normalized spacial score (nSPS) is 34.2. The Labute approximate surface area is 261 Å². The summed E-state index contributed by atoms with van der Waals surface area (Å²) in [6.45, 7) is 4.06. The van der Waals surface area contributed by atoms with Gasteiger partial charge in [0.25, 0.3) is 5.09 Å². The van der Waals surface area contributed by atoms with Gasteiger partial charge in [0.15, 0.2) is 12.4 Å². The number of nitrogens with zero attached hydrogens (tertiary/aromatic N) is 1. The van der Waals surface area contributed by atoms with E-state index in [1.54, 1.807) is 6.08 Å². The zero-order valence-corrected chi connectivity index (χ0v) is 26.1. The summed E-state index contributed by atoms with van der Waals surface area (Å²) in [5.74, 6) is -3.12. The number of allylic oxidation sites excluding steroid dienone is 1. The van der Waals surface area contributed by atoms with E-state index in [1.807, 2.05) is 6.92 Å². The molecule has 14 heteroatoms. The molecular formula is C31H44N2O12. The molecular weight excluding hydrogens is 592 g/mol. The first-order valence-electron chi connectivity index (χ1n) is 15.7. The van der Waals surface area contributed by atoms with Crippen LogP contribution in [0.5, 0.6) is 0 Å². The molecule has 4 rings (SSSR count). The summed E-state index contributed by atoms with van der Waals surface area (Å²) in [6, 6.07) is -1.39. The fraction of sp³-hybridized carbons (Fsp3) is 0.774. The molecule has 0 spiro atoms. The molecule has 45 heavy (non-hydrogen) atoms. The minimum Gasteiger partial charge on any atom is -0.464 e. The van der Waals surface area contributed by atoms with Crippen LogP contribution in [0.1, 0.15) is 85.0 Å². The first-order valence-corrected chi connectivity index (χ1v) is 15.7. The number of hydrogen-bond acceptors (Lipinski definition) is 12. The molecule has 0 aromatic heterocycles. The third-order valence-corrected chi connectivity index (χ3v) is 10.9. The highest BCUT2D eigenvalue weighted by molar-refractivity contribution is 5.93. The third kappa shape index (κ3) is 6.91. The van der Waals surface area contributed by atoms with Crippen molar-refractivity contribution < 1.29 is 53.6 Å². The number of carbonyl (C=O) groups is 5. The van der Waals surface area contributed by atoms with Gasteiger partial charge in [0.2, 0.25) is 11.7 Å². The first-order chi connectivity index (χ1) is 21.1. The van der Waals surface area contributed by atoms with E-state index in [0.29, 0.717) is 19.3 Å². The summed E-state index contributed by atoms with van der Waals surface area (Å²) in [5, 5.41) is 35.0. The van der Waals surface area contributed by atoms with Crippen LogP contribution in [0.4, 0.5) is 0 Å². The molecule has 4 unspecified atom stereocenters. The van der Waals surface area contributed by atoms with Gasteiger partial charge in [-0.25, -0.2) is 4.79 Å². The molecule has 8 atom stereocenters. The SMILES string of the molecule is CC(=O)NC(CC(=O)OCC(=O)[C@@]1(O)CCC2C3CCC4=CC(=O)CC[C@]4(C)C3[C@@H](O)C[C@@]21C)C(=O)OCCCCO[N+](=O)[O-]. The molecule has 0 aromatic rings. The molecule has 0 heterocycles. The van der Waals surface area contributed by atoms with Gasteiger partial charge < -0.3 is 29.8 Å².